The van der Waals surface area contributed by atoms with Crippen LogP contribution in [0.25, 0.3) is 6.08 Å². The van der Waals surface area contributed by atoms with Gasteiger partial charge in [-0.2, -0.15) is 0 Å². The normalized spacial score (nSPS) is 15.9. The fourth-order valence-corrected chi connectivity index (χ4v) is 3.78. The van der Waals surface area contributed by atoms with E-state index in [9.17, 15) is 18.8 Å². The molecule has 2 heterocycles. The largest absolute Gasteiger partial charge is 0.492 e. The highest BCUT2D eigenvalue weighted by Gasteiger charge is 2.37. The summed E-state index contributed by atoms with van der Waals surface area (Å²) in [4.78, 5) is 38.6. The summed E-state index contributed by atoms with van der Waals surface area (Å²) in [6.07, 6.45) is 4.32. The number of anilines is 1. The van der Waals surface area contributed by atoms with Gasteiger partial charge in [0.1, 0.15) is 23.7 Å². The van der Waals surface area contributed by atoms with E-state index in [1.807, 2.05) is 22.9 Å². The van der Waals surface area contributed by atoms with E-state index in [4.69, 9.17) is 4.74 Å². The van der Waals surface area contributed by atoms with Crippen LogP contribution >= 0.6 is 0 Å². The number of nitrogens with zero attached hydrogens (tertiary/aromatic N) is 2. The molecule has 180 valence electrons. The van der Waals surface area contributed by atoms with Gasteiger partial charge in [-0.05, 0) is 72.5 Å². The molecule has 0 spiro atoms. The summed E-state index contributed by atoms with van der Waals surface area (Å²) in [5.74, 6) is -0.815. The number of aromatic nitrogens is 1. The molecule has 7 nitrogen and oxygen atoms in total. The molecule has 1 aromatic heterocycles. The Balaban J connectivity index is 1.47. The quantitative estimate of drug-likeness (QED) is 0.372. The minimum atomic E-state index is -0.883. The van der Waals surface area contributed by atoms with Gasteiger partial charge in [-0.25, -0.2) is 14.1 Å². The van der Waals surface area contributed by atoms with E-state index in [2.05, 4.69) is 31.3 Å². The number of urea groups is 1. The van der Waals surface area contributed by atoms with Crippen molar-refractivity contribution in [2.45, 2.75) is 32.7 Å². The third-order valence-electron chi connectivity index (χ3n) is 6.01. The number of barbiturate groups is 1. The number of amides is 4. The Kier molecular flexibility index (Phi) is 7.10. The molecular formula is C27H26FN3O4. The Morgan fingerprint density at radius 1 is 1.03 bits per heavy atom. The number of nitrogens with one attached hydrogen (secondary N) is 1. The van der Waals surface area contributed by atoms with Crippen LogP contribution in [0.15, 0.2) is 72.4 Å². The number of benzene rings is 2. The van der Waals surface area contributed by atoms with Crippen LogP contribution in [0, 0.1) is 5.82 Å². The van der Waals surface area contributed by atoms with Crippen molar-refractivity contribution in [2.24, 2.45) is 0 Å². The average Bonchev–Trinajstić information content (AvgIpc) is 3.29. The molecule has 0 radical (unpaired) electrons. The van der Waals surface area contributed by atoms with Gasteiger partial charge < -0.3 is 9.30 Å². The van der Waals surface area contributed by atoms with E-state index in [0.29, 0.717) is 24.8 Å². The maximum atomic E-state index is 13.3. The Hall–Kier alpha value is -4.20. The zero-order valence-electron chi connectivity index (χ0n) is 19.5. The van der Waals surface area contributed by atoms with Gasteiger partial charge in [0.15, 0.2) is 0 Å². The number of ether oxygens (including phenoxy) is 1. The Bertz CT molecular complexity index is 1260. The number of hydrogen-bond donors (Lipinski definition) is 1. The lowest BCUT2D eigenvalue weighted by molar-refractivity contribution is -0.122. The molecule has 1 N–H and O–H groups in total. The molecule has 0 aliphatic carbocycles. The van der Waals surface area contributed by atoms with Crippen LogP contribution in [-0.4, -0.2) is 29.0 Å². The smallest absolute Gasteiger partial charge is 0.335 e. The molecule has 0 unspecified atom stereocenters. The molecule has 0 saturated carbocycles. The molecule has 3 aromatic rings. The number of carbonyl (C=O) groups excluding carboxylic acids is 3. The van der Waals surface area contributed by atoms with E-state index in [-0.39, 0.29) is 11.3 Å². The minimum absolute atomic E-state index is 0.162. The van der Waals surface area contributed by atoms with Gasteiger partial charge in [0.05, 0.1) is 12.2 Å². The van der Waals surface area contributed by atoms with Crippen LogP contribution in [0.1, 0.15) is 37.4 Å². The van der Waals surface area contributed by atoms with E-state index in [1.165, 1.54) is 23.8 Å². The van der Waals surface area contributed by atoms with Crippen LogP contribution < -0.4 is 15.0 Å². The molecule has 1 aliphatic heterocycles. The Morgan fingerprint density at radius 2 is 1.74 bits per heavy atom. The van der Waals surface area contributed by atoms with E-state index in [0.717, 1.165) is 29.2 Å². The molecule has 4 rings (SSSR count). The fraction of sp³-hybridized carbons (Fsp3) is 0.222. The average molecular weight is 476 g/mol. The molecule has 4 amide bonds. The van der Waals surface area contributed by atoms with Crippen molar-refractivity contribution >= 4 is 29.6 Å². The first-order valence-electron chi connectivity index (χ1n) is 11.4. The number of halogens is 1. The van der Waals surface area contributed by atoms with Gasteiger partial charge in [-0.1, -0.05) is 26.0 Å². The second-order valence-corrected chi connectivity index (χ2v) is 8.29. The summed E-state index contributed by atoms with van der Waals surface area (Å²) in [6, 6.07) is 15.6. The Morgan fingerprint density at radius 3 is 2.43 bits per heavy atom. The van der Waals surface area contributed by atoms with Gasteiger partial charge in [0.25, 0.3) is 11.8 Å². The summed E-state index contributed by atoms with van der Waals surface area (Å²) in [5.41, 5.74) is 1.83. The molecule has 0 bridgehead atoms. The Labute approximate surface area is 202 Å². The SMILES string of the molecule is CC[C@@H](C)c1ccc(OCCn2cccc2/C=C2/C(=O)NC(=O)N(c3ccc(F)cc3)C2=O)cc1. The van der Waals surface area contributed by atoms with E-state index >= 15 is 0 Å². The zero-order valence-corrected chi connectivity index (χ0v) is 19.5. The van der Waals surface area contributed by atoms with Gasteiger partial charge in [0, 0.05) is 11.9 Å². The van der Waals surface area contributed by atoms with Crippen LogP contribution in [0.5, 0.6) is 5.75 Å². The van der Waals surface area contributed by atoms with Gasteiger partial charge in [-0.3, -0.25) is 14.9 Å². The van der Waals surface area contributed by atoms with Crippen LogP contribution in [-0.2, 0) is 16.1 Å². The van der Waals surface area contributed by atoms with Crippen molar-refractivity contribution in [3.63, 3.8) is 0 Å². The maximum Gasteiger partial charge on any atom is 0.335 e. The number of carbonyl (C=O) groups is 3. The second-order valence-electron chi connectivity index (χ2n) is 8.29. The topological polar surface area (TPSA) is 80.6 Å². The first-order chi connectivity index (χ1) is 16.9. The third-order valence-corrected chi connectivity index (χ3v) is 6.01. The monoisotopic (exact) mass is 475 g/mol. The lowest BCUT2D eigenvalue weighted by Gasteiger charge is -2.26. The molecular weight excluding hydrogens is 449 g/mol. The zero-order chi connectivity index (χ0) is 24.9. The van der Waals surface area contributed by atoms with Crippen molar-refractivity contribution in [2.75, 3.05) is 11.5 Å². The van der Waals surface area contributed by atoms with E-state index in [1.54, 1.807) is 12.1 Å². The van der Waals surface area contributed by atoms with Crippen LogP contribution in [0.2, 0.25) is 0 Å². The van der Waals surface area contributed by atoms with Crippen molar-refractivity contribution in [3.05, 3.63) is 89.5 Å². The summed E-state index contributed by atoms with van der Waals surface area (Å²) in [7, 11) is 0. The molecule has 1 fully saturated rings. The van der Waals surface area contributed by atoms with Crippen LogP contribution in [0.3, 0.4) is 0 Å². The summed E-state index contributed by atoms with van der Waals surface area (Å²) in [6.45, 7) is 5.20. The standard InChI is InChI=1S/C27H26FN3O4/c1-3-18(2)19-6-12-23(13-7-19)35-16-15-30-14-4-5-22(30)17-24-25(32)29-27(34)31(26(24)33)21-10-8-20(28)9-11-21/h4-14,17-18H,3,15-16H2,1-2H3,(H,29,32,34)/b24-17-/t18-/m1/s1. The van der Waals surface area contributed by atoms with Crippen LogP contribution in [0.4, 0.5) is 14.9 Å². The predicted molar refractivity (Wildman–Crippen MR) is 130 cm³/mol. The third kappa shape index (κ3) is 5.32. The molecule has 8 heteroatoms. The molecule has 1 aliphatic rings. The van der Waals surface area contributed by atoms with Crippen molar-refractivity contribution < 1.29 is 23.5 Å². The highest BCUT2D eigenvalue weighted by molar-refractivity contribution is 6.39. The van der Waals surface area contributed by atoms with Gasteiger partial charge in [-0.15, -0.1) is 0 Å². The van der Waals surface area contributed by atoms with Gasteiger partial charge in [0.2, 0.25) is 0 Å². The number of rotatable bonds is 8. The van der Waals surface area contributed by atoms with E-state index < -0.39 is 23.7 Å². The molecule has 35 heavy (non-hydrogen) atoms. The number of hydrogen-bond acceptors (Lipinski definition) is 4. The maximum absolute atomic E-state index is 13.3. The lowest BCUT2D eigenvalue weighted by Crippen LogP contribution is -2.54. The van der Waals surface area contributed by atoms with Crippen molar-refractivity contribution in [1.82, 2.24) is 9.88 Å². The molecule has 1 saturated heterocycles. The van der Waals surface area contributed by atoms with Crippen molar-refractivity contribution in [1.29, 1.82) is 0 Å². The predicted octanol–water partition coefficient (Wildman–Crippen LogP) is 4.89. The first kappa shape index (κ1) is 23.9. The minimum Gasteiger partial charge on any atom is -0.492 e. The summed E-state index contributed by atoms with van der Waals surface area (Å²) < 4.78 is 21.0. The van der Waals surface area contributed by atoms with Crippen molar-refractivity contribution in [3.8, 4) is 5.75 Å². The molecule has 1 atom stereocenters. The molecule has 2 aromatic carbocycles. The first-order valence-corrected chi connectivity index (χ1v) is 11.4. The second kappa shape index (κ2) is 10.4. The lowest BCUT2D eigenvalue weighted by atomic mass is 9.99. The number of imide groups is 2. The highest BCUT2D eigenvalue weighted by Crippen LogP contribution is 2.23. The highest BCUT2D eigenvalue weighted by atomic mass is 19.1. The summed E-state index contributed by atoms with van der Waals surface area (Å²) >= 11 is 0. The fourth-order valence-electron chi connectivity index (χ4n) is 3.78. The van der Waals surface area contributed by atoms with Gasteiger partial charge >= 0.3 is 6.03 Å². The summed E-state index contributed by atoms with van der Waals surface area (Å²) in [5, 5.41) is 2.17.